The van der Waals surface area contributed by atoms with E-state index in [9.17, 15) is 0 Å². The summed E-state index contributed by atoms with van der Waals surface area (Å²) in [6.07, 6.45) is 1.92. The van der Waals surface area contributed by atoms with Crippen LogP contribution in [0.2, 0.25) is 0 Å². The zero-order valence-electron chi connectivity index (χ0n) is 11.4. The number of nitrogens with zero attached hydrogens (tertiary/aromatic N) is 2. The number of benzene rings is 1. The number of aromatic nitrogens is 1. The summed E-state index contributed by atoms with van der Waals surface area (Å²) >= 11 is 0. The SMILES string of the molecule is CNc1cnc(N2CCOCC2)c2cc(C)ccc12. The Kier molecular flexibility index (Phi) is 3.25. The second-order valence-electron chi connectivity index (χ2n) is 4.89. The van der Waals surface area contributed by atoms with Gasteiger partial charge in [0.25, 0.3) is 0 Å². The van der Waals surface area contributed by atoms with Gasteiger partial charge in [0, 0.05) is 30.9 Å². The molecule has 1 N–H and O–H groups in total. The van der Waals surface area contributed by atoms with Gasteiger partial charge in [-0.3, -0.25) is 0 Å². The molecule has 100 valence electrons. The number of aryl methyl sites for hydroxylation is 1. The summed E-state index contributed by atoms with van der Waals surface area (Å²) in [4.78, 5) is 6.96. The Morgan fingerprint density at radius 1 is 1.21 bits per heavy atom. The predicted octanol–water partition coefficient (Wildman–Crippen LogP) is 2.42. The monoisotopic (exact) mass is 257 g/mol. The van der Waals surface area contributed by atoms with Gasteiger partial charge in [-0.1, -0.05) is 17.7 Å². The number of ether oxygens (including phenoxy) is 1. The van der Waals surface area contributed by atoms with E-state index < -0.39 is 0 Å². The molecule has 0 bridgehead atoms. The van der Waals surface area contributed by atoms with E-state index in [2.05, 4.69) is 40.3 Å². The molecule has 0 spiro atoms. The van der Waals surface area contributed by atoms with Crippen LogP contribution in [0.5, 0.6) is 0 Å². The van der Waals surface area contributed by atoms with E-state index in [4.69, 9.17) is 4.74 Å². The molecular weight excluding hydrogens is 238 g/mol. The number of fused-ring (bicyclic) bond motifs is 1. The molecule has 0 unspecified atom stereocenters. The van der Waals surface area contributed by atoms with Crippen LogP contribution >= 0.6 is 0 Å². The Labute approximate surface area is 113 Å². The van der Waals surface area contributed by atoms with E-state index in [0.717, 1.165) is 37.8 Å². The number of morpholine rings is 1. The standard InChI is InChI=1S/C15H19N3O/c1-11-3-4-12-13(9-11)15(17-10-14(12)16-2)18-5-7-19-8-6-18/h3-4,9-10,16H,5-8H2,1-2H3. The van der Waals surface area contributed by atoms with Gasteiger partial charge in [-0.05, 0) is 13.0 Å². The van der Waals surface area contributed by atoms with Crippen molar-refractivity contribution in [3.63, 3.8) is 0 Å². The number of nitrogens with one attached hydrogen (secondary N) is 1. The van der Waals surface area contributed by atoms with Gasteiger partial charge in [0.05, 0.1) is 25.1 Å². The van der Waals surface area contributed by atoms with Crippen LogP contribution in [0.3, 0.4) is 0 Å². The summed E-state index contributed by atoms with van der Waals surface area (Å²) in [5.41, 5.74) is 2.34. The maximum Gasteiger partial charge on any atom is 0.136 e. The van der Waals surface area contributed by atoms with Crippen LogP contribution in [-0.2, 0) is 4.74 Å². The molecule has 1 fully saturated rings. The second kappa shape index (κ2) is 5.05. The number of anilines is 2. The second-order valence-corrected chi connectivity index (χ2v) is 4.89. The van der Waals surface area contributed by atoms with Gasteiger partial charge in [0.15, 0.2) is 0 Å². The van der Waals surface area contributed by atoms with Gasteiger partial charge >= 0.3 is 0 Å². The maximum atomic E-state index is 5.42. The van der Waals surface area contributed by atoms with Crippen molar-refractivity contribution in [2.45, 2.75) is 6.92 Å². The Hall–Kier alpha value is -1.81. The highest BCUT2D eigenvalue weighted by molar-refractivity contribution is 6.00. The lowest BCUT2D eigenvalue weighted by atomic mass is 10.1. The smallest absolute Gasteiger partial charge is 0.136 e. The van der Waals surface area contributed by atoms with E-state index in [1.54, 1.807) is 0 Å². The molecule has 1 aliphatic heterocycles. The molecule has 1 aliphatic rings. The van der Waals surface area contributed by atoms with Gasteiger partial charge in [0.2, 0.25) is 0 Å². The summed E-state index contributed by atoms with van der Waals surface area (Å²) < 4.78 is 5.42. The van der Waals surface area contributed by atoms with Gasteiger partial charge in [-0.25, -0.2) is 4.98 Å². The van der Waals surface area contributed by atoms with Crippen molar-refractivity contribution in [1.82, 2.24) is 4.98 Å². The largest absolute Gasteiger partial charge is 0.386 e. The van der Waals surface area contributed by atoms with Crippen LogP contribution in [0.25, 0.3) is 10.8 Å². The van der Waals surface area contributed by atoms with Crippen molar-refractivity contribution >= 4 is 22.3 Å². The normalized spacial score (nSPS) is 15.8. The first kappa shape index (κ1) is 12.2. The van der Waals surface area contributed by atoms with Crippen LogP contribution < -0.4 is 10.2 Å². The summed E-state index contributed by atoms with van der Waals surface area (Å²) in [5.74, 6) is 1.07. The lowest BCUT2D eigenvalue weighted by Gasteiger charge is -2.29. The summed E-state index contributed by atoms with van der Waals surface area (Å²) in [5, 5.41) is 5.66. The van der Waals surface area contributed by atoms with Crippen LogP contribution in [0, 0.1) is 6.92 Å². The minimum atomic E-state index is 0.781. The molecule has 1 saturated heterocycles. The Morgan fingerprint density at radius 2 is 2.00 bits per heavy atom. The Morgan fingerprint density at radius 3 is 2.74 bits per heavy atom. The molecule has 4 heteroatoms. The molecule has 0 amide bonds. The highest BCUT2D eigenvalue weighted by Gasteiger charge is 2.16. The lowest BCUT2D eigenvalue weighted by Crippen LogP contribution is -2.36. The van der Waals surface area contributed by atoms with Crippen LogP contribution in [0.4, 0.5) is 11.5 Å². The third-order valence-electron chi connectivity index (χ3n) is 3.60. The third-order valence-corrected chi connectivity index (χ3v) is 3.60. The fraction of sp³-hybridized carbons (Fsp3) is 0.400. The first-order valence-corrected chi connectivity index (χ1v) is 6.69. The van der Waals surface area contributed by atoms with E-state index in [1.807, 2.05) is 13.2 Å². The zero-order valence-corrected chi connectivity index (χ0v) is 11.4. The fourth-order valence-corrected chi connectivity index (χ4v) is 2.57. The molecule has 4 nitrogen and oxygen atoms in total. The van der Waals surface area contributed by atoms with E-state index >= 15 is 0 Å². The minimum Gasteiger partial charge on any atom is -0.386 e. The molecule has 0 aliphatic carbocycles. The molecule has 1 aromatic heterocycles. The third kappa shape index (κ3) is 2.24. The van der Waals surface area contributed by atoms with Crippen molar-refractivity contribution < 1.29 is 4.74 Å². The van der Waals surface area contributed by atoms with Gasteiger partial charge < -0.3 is 15.0 Å². The number of pyridine rings is 1. The van der Waals surface area contributed by atoms with Gasteiger partial charge in [-0.15, -0.1) is 0 Å². The lowest BCUT2D eigenvalue weighted by molar-refractivity contribution is 0.122. The summed E-state index contributed by atoms with van der Waals surface area (Å²) in [6, 6.07) is 6.53. The molecule has 0 atom stereocenters. The fourth-order valence-electron chi connectivity index (χ4n) is 2.57. The van der Waals surface area contributed by atoms with Crippen molar-refractivity contribution in [2.75, 3.05) is 43.6 Å². The number of hydrogen-bond donors (Lipinski definition) is 1. The minimum absolute atomic E-state index is 0.781. The molecule has 0 radical (unpaired) electrons. The highest BCUT2D eigenvalue weighted by atomic mass is 16.5. The number of rotatable bonds is 2. The molecule has 19 heavy (non-hydrogen) atoms. The Bertz CT molecular complexity index is 591. The van der Waals surface area contributed by atoms with Crippen molar-refractivity contribution in [3.8, 4) is 0 Å². The first-order chi connectivity index (χ1) is 9.29. The first-order valence-electron chi connectivity index (χ1n) is 6.69. The molecule has 0 saturated carbocycles. The quantitative estimate of drug-likeness (QED) is 0.896. The van der Waals surface area contributed by atoms with Gasteiger partial charge in [0.1, 0.15) is 5.82 Å². The van der Waals surface area contributed by atoms with E-state index in [-0.39, 0.29) is 0 Å². The molecule has 2 heterocycles. The van der Waals surface area contributed by atoms with E-state index in [1.165, 1.54) is 16.3 Å². The van der Waals surface area contributed by atoms with Crippen molar-refractivity contribution in [1.29, 1.82) is 0 Å². The average Bonchev–Trinajstić information content (AvgIpc) is 2.46. The van der Waals surface area contributed by atoms with Crippen LogP contribution in [0.15, 0.2) is 24.4 Å². The van der Waals surface area contributed by atoms with Crippen LogP contribution in [0.1, 0.15) is 5.56 Å². The van der Waals surface area contributed by atoms with Crippen LogP contribution in [-0.4, -0.2) is 38.3 Å². The van der Waals surface area contributed by atoms with Crippen molar-refractivity contribution in [2.24, 2.45) is 0 Å². The Balaban J connectivity index is 2.15. The predicted molar refractivity (Wildman–Crippen MR) is 79.1 cm³/mol. The van der Waals surface area contributed by atoms with Crippen molar-refractivity contribution in [3.05, 3.63) is 30.0 Å². The highest BCUT2D eigenvalue weighted by Crippen LogP contribution is 2.31. The van der Waals surface area contributed by atoms with E-state index in [0.29, 0.717) is 0 Å². The molecule has 1 aromatic carbocycles. The average molecular weight is 257 g/mol. The molecule has 3 rings (SSSR count). The summed E-state index contributed by atoms with van der Waals surface area (Å²) in [6.45, 7) is 5.50. The number of hydrogen-bond acceptors (Lipinski definition) is 4. The summed E-state index contributed by atoms with van der Waals surface area (Å²) in [7, 11) is 1.94. The zero-order chi connectivity index (χ0) is 13.2. The van der Waals surface area contributed by atoms with Gasteiger partial charge in [-0.2, -0.15) is 0 Å². The molecular formula is C15H19N3O. The molecule has 2 aromatic rings. The maximum absolute atomic E-state index is 5.42. The topological polar surface area (TPSA) is 37.4 Å².